The smallest absolute Gasteiger partial charge is 0.321 e. The predicted molar refractivity (Wildman–Crippen MR) is 56.2 cm³/mol. The van der Waals surface area contributed by atoms with Gasteiger partial charge in [-0.2, -0.15) is 0 Å². The monoisotopic (exact) mass is 197 g/mol. The second-order valence-electron chi connectivity index (χ2n) is 4.12. The van der Waals surface area contributed by atoms with E-state index in [1.807, 2.05) is 24.8 Å². The Bertz CT molecular complexity index is 227. The van der Waals surface area contributed by atoms with Crippen molar-refractivity contribution >= 4 is 5.97 Å². The van der Waals surface area contributed by atoms with Crippen molar-refractivity contribution in [2.75, 3.05) is 6.54 Å². The Hall–Kier alpha value is -0.830. The summed E-state index contributed by atoms with van der Waals surface area (Å²) in [4.78, 5) is 13.2. The van der Waals surface area contributed by atoms with Crippen LogP contribution >= 0.6 is 0 Å². The highest BCUT2D eigenvalue weighted by atomic mass is 16.4. The Labute approximate surface area is 85.4 Å². The van der Waals surface area contributed by atoms with Crippen LogP contribution in [0.2, 0.25) is 0 Å². The van der Waals surface area contributed by atoms with E-state index in [0.29, 0.717) is 0 Å². The van der Waals surface area contributed by atoms with Gasteiger partial charge < -0.3 is 5.11 Å². The van der Waals surface area contributed by atoms with E-state index >= 15 is 0 Å². The number of likely N-dealkylation sites (tertiary alicyclic amines) is 1. The van der Waals surface area contributed by atoms with Gasteiger partial charge in [0.25, 0.3) is 0 Å². The van der Waals surface area contributed by atoms with Crippen molar-refractivity contribution in [2.45, 2.75) is 38.8 Å². The molecule has 0 aromatic heterocycles. The minimum absolute atomic E-state index is 0.152. The van der Waals surface area contributed by atoms with Gasteiger partial charge in [-0.25, -0.2) is 0 Å². The van der Waals surface area contributed by atoms with E-state index in [1.54, 1.807) is 0 Å². The Morgan fingerprint density at radius 1 is 1.71 bits per heavy atom. The molecule has 0 aromatic carbocycles. The van der Waals surface area contributed by atoms with E-state index in [9.17, 15) is 4.79 Å². The maximum Gasteiger partial charge on any atom is 0.321 e. The summed E-state index contributed by atoms with van der Waals surface area (Å²) in [6.07, 6.45) is 3.91. The molecule has 0 spiro atoms. The number of piperidine rings is 1. The highest BCUT2D eigenvalue weighted by molar-refractivity contribution is 5.74. The Kier molecular flexibility index (Phi) is 3.69. The van der Waals surface area contributed by atoms with Gasteiger partial charge in [-0.05, 0) is 32.2 Å². The van der Waals surface area contributed by atoms with Crippen molar-refractivity contribution in [2.24, 2.45) is 5.92 Å². The van der Waals surface area contributed by atoms with Crippen molar-refractivity contribution in [1.82, 2.24) is 4.90 Å². The molecule has 3 atom stereocenters. The third kappa shape index (κ3) is 2.15. The van der Waals surface area contributed by atoms with Crippen molar-refractivity contribution in [1.29, 1.82) is 0 Å². The average Bonchev–Trinajstić information content (AvgIpc) is 2.15. The number of carboxylic acids is 1. The third-order valence-corrected chi connectivity index (χ3v) is 3.09. The first-order chi connectivity index (χ1) is 6.57. The van der Waals surface area contributed by atoms with Gasteiger partial charge >= 0.3 is 5.97 Å². The largest absolute Gasteiger partial charge is 0.480 e. The normalized spacial score (nSPS) is 31.0. The molecule has 0 aromatic rings. The fourth-order valence-electron chi connectivity index (χ4n) is 2.20. The fraction of sp³-hybridized carbons (Fsp3) is 0.727. The summed E-state index contributed by atoms with van der Waals surface area (Å²) in [7, 11) is 0. The summed E-state index contributed by atoms with van der Waals surface area (Å²) in [5, 5.41) is 9.15. The average molecular weight is 197 g/mol. The second kappa shape index (κ2) is 4.60. The van der Waals surface area contributed by atoms with Gasteiger partial charge in [0, 0.05) is 6.04 Å². The van der Waals surface area contributed by atoms with E-state index in [4.69, 9.17) is 5.11 Å². The SMILES string of the molecule is C=CC(C)N1CCCC(C)C1C(=O)O. The maximum absolute atomic E-state index is 11.1. The van der Waals surface area contributed by atoms with Gasteiger partial charge in [-0.1, -0.05) is 13.0 Å². The summed E-state index contributed by atoms with van der Waals surface area (Å²) >= 11 is 0. The van der Waals surface area contributed by atoms with Gasteiger partial charge in [-0.15, -0.1) is 6.58 Å². The lowest BCUT2D eigenvalue weighted by Crippen LogP contribution is -2.52. The number of carboxylic acid groups (broad SMARTS) is 1. The number of rotatable bonds is 3. The molecule has 1 fully saturated rings. The molecule has 0 amide bonds. The Morgan fingerprint density at radius 3 is 2.86 bits per heavy atom. The van der Waals surface area contributed by atoms with Crippen LogP contribution in [0.25, 0.3) is 0 Å². The van der Waals surface area contributed by atoms with E-state index < -0.39 is 5.97 Å². The highest BCUT2D eigenvalue weighted by Crippen LogP contribution is 2.25. The lowest BCUT2D eigenvalue weighted by molar-refractivity contribution is -0.147. The quantitative estimate of drug-likeness (QED) is 0.701. The van der Waals surface area contributed by atoms with E-state index in [0.717, 1.165) is 19.4 Å². The first kappa shape index (κ1) is 11.2. The van der Waals surface area contributed by atoms with Gasteiger partial charge in [0.1, 0.15) is 6.04 Å². The lowest BCUT2D eigenvalue weighted by Gasteiger charge is -2.40. The molecule has 1 heterocycles. The summed E-state index contributed by atoms with van der Waals surface area (Å²) in [6.45, 7) is 8.61. The fourth-order valence-corrected chi connectivity index (χ4v) is 2.20. The topological polar surface area (TPSA) is 40.5 Å². The number of hydrogen-bond acceptors (Lipinski definition) is 2. The molecule has 0 radical (unpaired) electrons. The van der Waals surface area contributed by atoms with Crippen LogP contribution in [-0.2, 0) is 4.79 Å². The predicted octanol–water partition coefficient (Wildman–Crippen LogP) is 1.75. The minimum Gasteiger partial charge on any atom is -0.480 e. The summed E-state index contributed by atoms with van der Waals surface area (Å²) in [5.41, 5.74) is 0. The minimum atomic E-state index is -0.703. The zero-order valence-electron chi connectivity index (χ0n) is 8.94. The van der Waals surface area contributed by atoms with Gasteiger partial charge in [0.15, 0.2) is 0 Å². The van der Waals surface area contributed by atoms with E-state index in [2.05, 4.69) is 6.58 Å². The molecule has 1 aliphatic rings. The van der Waals surface area contributed by atoms with Crippen LogP contribution in [0.4, 0.5) is 0 Å². The molecular formula is C11H19NO2. The van der Waals surface area contributed by atoms with E-state index in [1.165, 1.54) is 0 Å². The molecule has 0 bridgehead atoms. The van der Waals surface area contributed by atoms with E-state index in [-0.39, 0.29) is 18.0 Å². The van der Waals surface area contributed by atoms with Gasteiger partial charge in [0.05, 0.1) is 0 Å². The molecule has 1 aliphatic heterocycles. The summed E-state index contributed by atoms with van der Waals surface area (Å²) < 4.78 is 0. The van der Waals surface area contributed by atoms with Crippen LogP contribution in [0.3, 0.4) is 0 Å². The molecule has 1 rings (SSSR count). The van der Waals surface area contributed by atoms with Crippen LogP contribution < -0.4 is 0 Å². The molecule has 0 saturated carbocycles. The van der Waals surface area contributed by atoms with Crippen LogP contribution in [0.5, 0.6) is 0 Å². The van der Waals surface area contributed by atoms with Crippen LogP contribution in [0, 0.1) is 5.92 Å². The molecule has 1 N–H and O–H groups in total. The molecule has 0 aliphatic carbocycles. The third-order valence-electron chi connectivity index (χ3n) is 3.09. The first-order valence-corrected chi connectivity index (χ1v) is 5.19. The number of aliphatic carboxylic acids is 1. The molecule has 14 heavy (non-hydrogen) atoms. The van der Waals surface area contributed by atoms with Crippen molar-refractivity contribution in [3.8, 4) is 0 Å². The molecule has 3 unspecified atom stereocenters. The molecule has 3 nitrogen and oxygen atoms in total. The van der Waals surface area contributed by atoms with Crippen LogP contribution in [-0.4, -0.2) is 34.6 Å². The van der Waals surface area contributed by atoms with Gasteiger partial charge in [0.2, 0.25) is 0 Å². The van der Waals surface area contributed by atoms with Gasteiger partial charge in [-0.3, -0.25) is 9.69 Å². The standard InChI is InChI=1S/C11H19NO2/c1-4-9(3)12-7-5-6-8(2)10(12)11(13)14/h4,8-10H,1,5-7H2,2-3H3,(H,13,14). The Balaban J connectivity index is 2.79. The van der Waals surface area contributed by atoms with Crippen molar-refractivity contribution in [3.05, 3.63) is 12.7 Å². The molecule has 80 valence electrons. The first-order valence-electron chi connectivity index (χ1n) is 5.19. The molecule has 3 heteroatoms. The zero-order valence-corrected chi connectivity index (χ0v) is 8.94. The molecule has 1 saturated heterocycles. The summed E-state index contributed by atoms with van der Waals surface area (Å²) in [5.74, 6) is -0.463. The van der Waals surface area contributed by atoms with Crippen molar-refractivity contribution < 1.29 is 9.90 Å². The second-order valence-corrected chi connectivity index (χ2v) is 4.12. The number of nitrogens with zero attached hydrogens (tertiary/aromatic N) is 1. The number of hydrogen-bond donors (Lipinski definition) is 1. The van der Waals surface area contributed by atoms with Crippen LogP contribution in [0.1, 0.15) is 26.7 Å². The lowest BCUT2D eigenvalue weighted by atomic mass is 9.89. The highest BCUT2D eigenvalue weighted by Gasteiger charge is 2.35. The number of carbonyl (C=O) groups is 1. The van der Waals surface area contributed by atoms with Crippen molar-refractivity contribution in [3.63, 3.8) is 0 Å². The Morgan fingerprint density at radius 2 is 2.36 bits per heavy atom. The van der Waals surface area contributed by atoms with Crippen LogP contribution in [0.15, 0.2) is 12.7 Å². The maximum atomic E-state index is 11.1. The molecular weight excluding hydrogens is 178 g/mol. The summed E-state index contributed by atoms with van der Waals surface area (Å²) in [6, 6.07) is -0.185. The zero-order chi connectivity index (χ0) is 10.7.